The van der Waals surface area contributed by atoms with E-state index in [2.05, 4.69) is 10.2 Å². The van der Waals surface area contributed by atoms with Gasteiger partial charge in [-0.1, -0.05) is 24.3 Å². The molecule has 0 saturated carbocycles. The zero-order chi connectivity index (χ0) is 21.8. The third-order valence-electron chi connectivity index (χ3n) is 6.74. The van der Waals surface area contributed by atoms with Crippen LogP contribution in [-0.4, -0.2) is 60.8 Å². The van der Waals surface area contributed by atoms with Gasteiger partial charge in [-0.2, -0.15) is 0 Å². The van der Waals surface area contributed by atoms with E-state index in [1.165, 1.54) is 4.90 Å². The Morgan fingerprint density at radius 2 is 1.68 bits per heavy atom. The number of benzene rings is 1. The second kappa shape index (κ2) is 9.64. The van der Waals surface area contributed by atoms with Crippen molar-refractivity contribution in [3.63, 3.8) is 0 Å². The maximum absolute atomic E-state index is 12.6. The molecule has 2 fully saturated rings. The summed E-state index contributed by atoms with van der Waals surface area (Å²) in [5.41, 5.74) is 1.14. The maximum Gasteiger partial charge on any atom is 0.233 e. The van der Waals surface area contributed by atoms with E-state index in [1.807, 2.05) is 36.4 Å². The van der Waals surface area contributed by atoms with E-state index < -0.39 is 0 Å². The van der Waals surface area contributed by atoms with Gasteiger partial charge in [-0.05, 0) is 56.5 Å². The molecular weight excluding hydrogens is 394 g/mol. The number of carbonyl (C=O) groups is 3. The van der Waals surface area contributed by atoms with Crippen molar-refractivity contribution in [1.29, 1.82) is 0 Å². The molecule has 166 valence electrons. The molecule has 1 aromatic carbocycles. The molecule has 0 unspecified atom stereocenters. The number of hydrogen-bond acceptors (Lipinski definition) is 5. The van der Waals surface area contributed by atoms with Crippen molar-refractivity contribution in [2.45, 2.75) is 38.1 Å². The van der Waals surface area contributed by atoms with Gasteiger partial charge >= 0.3 is 0 Å². The van der Waals surface area contributed by atoms with E-state index in [0.717, 1.165) is 37.2 Å². The van der Waals surface area contributed by atoms with Gasteiger partial charge in [0, 0.05) is 19.5 Å². The Bertz CT molecular complexity index is 819. The molecule has 7 heteroatoms. The Hall–Kier alpha value is -2.67. The molecule has 0 bridgehead atoms. The molecule has 0 aromatic heterocycles. The Morgan fingerprint density at radius 1 is 1.06 bits per heavy atom. The Labute approximate surface area is 183 Å². The minimum atomic E-state index is -0.241. The largest absolute Gasteiger partial charge is 0.497 e. The smallest absolute Gasteiger partial charge is 0.233 e. The number of amides is 3. The minimum Gasteiger partial charge on any atom is -0.497 e. The van der Waals surface area contributed by atoms with Crippen LogP contribution in [-0.2, 0) is 14.4 Å². The Balaban J connectivity index is 1.32. The number of rotatable bonds is 8. The van der Waals surface area contributed by atoms with E-state index in [9.17, 15) is 14.4 Å². The van der Waals surface area contributed by atoms with Crippen LogP contribution in [0, 0.1) is 11.8 Å². The highest BCUT2D eigenvalue weighted by Crippen LogP contribution is 2.35. The Kier molecular flexibility index (Phi) is 6.70. The number of likely N-dealkylation sites (tertiary alicyclic amines) is 2. The first-order chi connectivity index (χ1) is 15.1. The van der Waals surface area contributed by atoms with Crippen molar-refractivity contribution in [3.8, 4) is 5.75 Å². The van der Waals surface area contributed by atoms with Gasteiger partial charge in [-0.15, -0.1) is 0 Å². The summed E-state index contributed by atoms with van der Waals surface area (Å²) in [5.74, 6) is -0.0546. The van der Waals surface area contributed by atoms with Crippen LogP contribution in [0.25, 0.3) is 0 Å². The van der Waals surface area contributed by atoms with Gasteiger partial charge in [0.25, 0.3) is 0 Å². The van der Waals surface area contributed by atoms with Crippen LogP contribution < -0.4 is 10.1 Å². The van der Waals surface area contributed by atoms with Gasteiger partial charge in [0.05, 0.1) is 25.0 Å². The average Bonchev–Trinajstić information content (AvgIpc) is 3.41. The van der Waals surface area contributed by atoms with E-state index in [0.29, 0.717) is 19.4 Å². The number of imide groups is 1. The van der Waals surface area contributed by atoms with Gasteiger partial charge in [0.15, 0.2) is 0 Å². The lowest BCUT2D eigenvalue weighted by Gasteiger charge is -2.28. The maximum atomic E-state index is 12.6. The molecule has 3 amide bonds. The summed E-state index contributed by atoms with van der Waals surface area (Å²) >= 11 is 0. The van der Waals surface area contributed by atoms with Gasteiger partial charge in [-0.25, -0.2) is 0 Å². The lowest BCUT2D eigenvalue weighted by molar-refractivity contribution is -0.140. The number of allylic oxidation sites excluding steroid dienone is 2. The number of fused-ring (bicyclic) bond motifs is 1. The molecule has 7 nitrogen and oxygen atoms in total. The number of methoxy groups -OCH3 is 1. The molecule has 0 spiro atoms. The number of nitrogens with one attached hydrogen (secondary N) is 1. The average molecular weight is 426 g/mol. The van der Waals surface area contributed by atoms with Crippen LogP contribution in [0.2, 0.25) is 0 Å². The highest BCUT2D eigenvalue weighted by atomic mass is 16.5. The molecule has 2 heterocycles. The first-order valence-electron chi connectivity index (χ1n) is 11.2. The first kappa shape index (κ1) is 21.6. The SMILES string of the molecule is COc1ccc([C@H](CNC(=O)CCN2C(=O)[C@H]3CC=CC[C@H]3C2=O)N2CCCC2)cc1. The van der Waals surface area contributed by atoms with Gasteiger partial charge in [-0.3, -0.25) is 24.2 Å². The zero-order valence-corrected chi connectivity index (χ0v) is 18.1. The lowest BCUT2D eigenvalue weighted by Crippen LogP contribution is -2.39. The monoisotopic (exact) mass is 425 g/mol. The molecule has 4 rings (SSSR count). The first-order valence-corrected chi connectivity index (χ1v) is 11.2. The van der Waals surface area contributed by atoms with Crippen molar-refractivity contribution >= 4 is 17.7 Å². The van der Waals surface area contributed by atoms with Crippen LogP contribution in [0.3, 0.4) is 0 Å². The van der Waals surface area contributed by atoms with Crippen molar-refractivity contribution in [2.24, 2.45) is 11.8 Å². The molecule has 2 aliphatic heterocycles. The summed E-state index contributed by atoms with van der Waals surface area (Å²) in [6, 6.07) is 8.08. The minimum absolute atomic E-state index is 0.0985. The van der Waals surface area contributed by atoms with Crippen LogP contribution in [0.1, 0.15) is 43.7 Å². The molecule has 1 aromatic rings. The third-order valence-corrected chi connectivity index (χ3v) is 6.74. The molecule has 0 radical (unpaired) electrons. The number of ether oxygens (including phenoxy) is 1. The second-order valence-electron chi connectivity index (χ2n) is 8.57. The fourth-order valence-corrected chi connectivity index (χ4v) is 4.94. The normalized spacial score (nSPS) is 24.4. The highest BCUT2D eigenvalue weighted by molar-refractivity contribution is 6.05. The number of carbonyl (C=O) groups excluding carboxylic acids is 3. The summed E-state index contributed by atoms with van der Waals surface area (Å²) in [6.45, 7) is 2.69. The third kappa shape index (κ3) is 4.66. The number of nitrogens with zero attached hydrogens (tertiary/aromatic N) is 2. The van der Waals surface area contributed by atoms with Crippen LogP contribution in [0.5, 0.6) is 5.75 Å². The molecule has 3 aliphatic rings. The van der Waals surface area contributed by atoms with E-state index in [-0.39, 0.29) is 48.6 Å². The summed E-state index contributed by atoms with van der Waals surface area (Å²) < 4.78 is 5.26. The van der Waals surface area contributed by atoms with E-state index >= 15 is 0 Å². The predicted molar refractivity (Wildman–Crippen MR) is 116 cm³/mol. The second-order valence-corrected chi connectivity index (χ2v) is 8.57. The van der Waals surface area contributed by atoms with Crippen LogP contribution in [0.4, 0.5) is 0 Å². The van der Waals surface area contributed by atoms with E-state index in [4.69, 9.17) is 4.74 Å². The van der Waals surface area contributed by atoms with Gasteiger partial charge < -0.3 is 10.1 Å². The van der Waals surface area contributed by atoms with Crippen molar-refractivity contribution in [2.75, 3.05) is 33.3 Å². The summed E-state index contributed by atoms with van der Waals surface area (Å²) in [7, 11) is 1.65. The fraction of sp³-hybridized carbons (Fsp3) is 0.542. The van der Waals surface area contributed by atoms with Crippen LogP contribution in [0.15, 0.2) is 36.4 Å². The molecule has 3 atom stereocenters. The fourth-order valence-electron chi connectivity index (χ4n) is 4.94. The van der Waals surface area contributed by atoms with Crippen molar-refractivity contribution in [3.05, 3.63) is 42.0 Å². The summed E-state index contributed by atoms with van der Waals surface area (Å²) in [6.07, 6.45) is 7.66. The highest BCUT2D eigenvalue weighted by Gasteiger charge is 2.46. The lowest BCUT2D eigenvalue weighted by atomic mass is 9.85. The van der Waals surface area contributed by atoms with E-state index in [1.54, 1.807) is 7.11 Å². The van der Waals surface area contributed by atoms with Crippen molar-refractivity contribution in [1.82, 2.24) is 15.1 Å². The topological polar surface area (TPSA) is 79.0 Å². The molecule has 2 saturated heterocycles. The number of hydrogen-bond donors (Lipinski definition) is 1. The molecule has 1 N–H and O–H groups in total. The predicted octanol–water partition coefficient (Wildman–Crippen LogP) is 2.29. The zero-order valence-electron chi connectivity index (χ0n) is 18.1. The summed E-state index contributed by atoms with van der Waals surface area (Å²) in [4.78, 5) is 41.4. The van der Waals surface area contributed by atoms with Crippen LogP contribution >= 0.6 is 0 Å². The van der Waals surface area contributed by atoms with Gasteiger partial charge in [0.1, 0.15) is 5.75 Å². The van der Waals surface area contributed by atoms with Gasteiger partial charge in [0.2, 0.25) is 17.7 Å². The quantitative estimate of drug-likeness (QED) is 0.511. The Morgan fingerprint density at radius 3 is 2.26 bits per heavy atom. The molecular formula is C24H31N3O4. The van der Waals surface area contributed by atoms with Crippen molar-refractivity contribution < 1.29 is 19.1 Å². The summed E-state index contributed by atoms with van der Waals surface area (Å²) in [5, 5.41) is 3.03. The molecule has 1 aliphatic carbocycles. The molecule has 31 heavy (non-hydrogen) atoms. The standard InChI is InChI=1S/C24H31N3O4/c1-31-18-10-8-17(9-11-18)21(26-13-4-5-14-26)16-25-22(28)12-15-27-23(29)19-6-2-3-7-20(19)24(27)30/h2-3,8-11,19-21H,4-7,12-16H2,1H3,(H,25,28)/t19-,20+,21-/m0/s1.